The highest BCUT2D eigenvalue weighted by molar-refractivity contribution is 5.86. The van der Waals surface area contributed by atoms with Gasteiger partial charge in [-0.05, 0) is 31.0 Å². The quantitative estimate of drug-likeness (QED) is 0.725. The molecule has 0 aliphatic carbocycles. The van der Waals surface area contributed by atoms with Gasteiger partial charge in [-0.1, -0.05) is 17.3 Å². The van der Waals surface area contributed by atoms with Gasteiger partial charge in [0, 0.05) is 30.5 Å². The summed E-state index contributed by atoms with van der Waals surface area (Å²) in [5.41, 5.74) is 3.37. The molecule has 0 saturated carbocycles. The van der Waals surface area contributed by atoms with Crippen LogP contribution in [0.2, 0.25) is 0 Å². The molecule has 3 aromatic rings. The molecule has 1 aromatic carbocycles. The van der Waals surface area contributed by atoms with Crippen LogP contribution in [0, 0.1) is 6.92 Å². The maximum atomic E-state index is 5.47. The maximum absolute atomic E-state index is 5.47. The molecule has 1 atom stereocenters. The molecule has 21 heavy (non-hydrogen) atoms. The molecule has 0 bridgehead atoms. The van der Waals surface area contributed by atoms with E-state index in [1.807, 2.05) is 7.05 Å². The van der Waals surface area contributed by atoms with Gasteiger partial charge in [0.2, 0.25) is 0 Å². The van der Waals surface area contributed by atoms with E-state index in [9.17, 15) is 0 Å². The number of hydrogen-bond acceptors (Lipinski definition) is 4. The van der Waals surface area contributed by atoms with E-state index in [1.165, 1.54) is 16.5 Å². The van der Waals surface area contributed by atoms with E-state index in [2.05, 4.69) is 45.9 Å². The highest BCUT2D eigenvalue weighted by Crippen LogP contribution is 2.29. The van der Waals surface area contributed by atoms with Crippen LogP contribution in [0.25, 0.3) is 22.5 Å². The van der Waals surface area contributed by atoms with Crippen LogP contribution in [0.3, 0.4) is 0 Å². The lowest BCUT2D eigenvalue weighted by atomic mass is 10.1. The van der Waals surface area contributed by atoms with Crippen molar-refractivity contribution in [2.24, 2.45) is 7.05 Å². The van der Waals surface area contributed by atoms with Gasteiger partial charge in [0.15, 0.2) is 5.82 Å². The molecule has 0 spiro atoms. The summed E-state index contributed by atoms with van der Waals surface area (Å²) in [4.78, 5) is 4.56. The Labute approximate surface area is 122 Å². The highest BCUT2D eigenvalue weighted by Gasteiger charge is 2.24. The molecule has 5 nitrogen and oxygen atoms in total. The van der Waals surface area contributed by atoms with Crippen LogP contribution in [0.4, 0.5) is 0 Å². The first-order chi connectivity index (χ1) is 10.2. The van der Waals surface area contributed by atoms with Gasteiger partial charge in [0.05, 0.1) is 6.61 Å². The zero-order chi connectivity index (χ0) is 14.4. The van der Waals surface area contributed by atoms with Crippen molar-refractivity contribution in [2.75, 3.05) is 13.2 Å². The third kappa shape index (κ3) is 2.05. The fraction of sp³-hybridized carbons (Fsp3) is 0.375. The van der Waals surface area contributed by atoms with E-state index in [1.54, 1.807) is 0 Å². The summed E-state index contributed by atoms with van der Waals surface area (Å²) in [5, 5.41) is 5.31. The number of fused-ring (bicyclic) bond motifs is 1. The Kier molecular flexibility index (Phi) is 2.82. The molecule has 5 heteroatoms. The lowest BCUT2D eigenvalue weighted by Gasteiger charge is -2.00. The summed E-state index contributed by atoms with van der Waals surface area (Å²) in [6, 6.07) is 8.50. The standard InChI is InChI=1S/C16H17N3O2/c1-10-3-4-11-8-14(19(2)13(11)7-10)16-17-15(18-21-16)12-5-6-20-9-12/h3-4,7-8,12H,5-6,9H2,1-2H3/t12-/m1/s1. The lowest BCUT2D eigenvalue weighted by Crippen LogP contribution is -2.00. The molecule has 0 radical (unpaired) electrons. The number of hydrogen-bond donors (Lipinski definition) is 0. The topological polar surface area (TPSA) is 53.1 Å². The predicted octanol–water partition coefficient (Wildman–Crippen LogP) is 3.04. The van der Waals surface area contributed by atoms with Crippen LogP contribution in [0.5, 0.6) is 0 Å². The van der Waals surface area contributed by atoms with Crippen LogP contribution in [-0.4, -0.2) is 27.9 Å². The van der Waals surface area contributed by atoms with E-state index >= 15 is 0 Å². The molecule has 1 aliphatic rings. The Morgan fingerprint density at radius 1 is 1.29 bits per heavy atom. The second-order valence-electron chi connectivity index (χ2n) is 5.67. The van der Waals surface area contributed by atoms with Crippen LogP contribution in [0.1, 0.15) is 23.7 Å². The minimum absolute atomic E-state index is 0.263. The predicted molar refractivity (Wildman–Crippen MR) is 79.1 cm³/mol. The number of aromatic nitrogens is 3. The summed E-state index contributed by atoms with van der Waals surface area (Å²) in [6.07, 6.45) is 0.966. The fourth-order valence-electron chi connectivity index (χ4n) is 2.89. The van der Waals surface area contributed by atoms with Gasteiger partial charge in [0.1, 0.15) is 5.69 Å². The molecular formula is C16H17N3O2. The van der Waals surface area contributed by atoms with Crippen molar-refractivity contribution in [2.45, 2.75) is 19.3 Å². The first-order valence-electron chi connectivity index (χ1n) is 7.20. The van der Waals surface area contributed by atoms with E-state index < -0.39 is 0 Å². The molecular weight excluding hydrogens is 266 g/mol. The molecule has 0 N–H and O–H groups in total. The van der Waals surface area contributed by atoms with Crippen LogP contribution >= 0.6 is 0 Å². The molecule has 4 rings (SSSR count). The summed E-state index contributed by atoms with van der Waals surface area (Å²) in [6.45, 7) is 3.56. The molecule has 1 aliphatic heterocycles. The van der Waals surface area contributed by atoms with E-state index in [0.717, 1.165) is 24.5 Å². The summed E-state index contributed by atoms with van der Waals surface area (Å²) >= 11 is 0. The minimum Gasteiger partial charge on any atom is -0.381 e. The number of nitrogens with zero attached hydrogens (tertiary/aromatic N) is 3. The molecule has 0 unspecified atom stereocenters. The van der Waals surface area contributed by atoms with Gasteiger partial charge in [-0.3, -0.25) is 0 Å². The van der Waals surface area contributed by atoms with Crippen molar-refractivity contribution in [1.82, 2.24) is 14.7 Å². The lowest BCUT2D eigenvalue weighted by molar-refractivity contribution is 0.192. The summed E-state index contributed by atoms with van der Waals surface area (Å²) < 4.78 is 13.0. The van der Waals surface area contributed by atoms with Crippen LogP contribution < -0.4 is 0 Å². The van der Waals surface area contributed by atoms with Gasteiger partial charge in [-0.25, -0.2) is 0 Å². The minimum atomic E-state index is 0.263. The smallest absolute Gasteiger partial charge is 0.274 e. The Bertz CT molecular complexity index is 797. The monoisotopic (exact) mass is 283 g/mol. The average molecular weight is 283 g/mol. The van der Waals surface area contributed by atoms with Crippen molar-refractivity contribution >= 4 is 10.9 Å². The van der Waals surface area contributed by atoms with E-state index in [-0.39, 0.29) is 5.92 Å². The zero-order valence-corrected chi connectivity index (χ0v) is 12.2. The number of benzene rings is 1. The molecule has 1 saturated heterocycles. The van der Waals surface area contributed by atoms with E-state index in [4.69, 9.17) is 9.26 Å². The molecule has 3 heterocycles. The Morgan fingerprint density at radius 2 is 2.19 bits per heavy atom. The Hall–Kier alpha value is -2.14. The van der Waals surface area contributed by atoms with Crippen LogP contribution in [0.15, 0.2) is 28.8 Å². The van der Waals surface area contributed by atoms with Crippen molar-refractivity contribution in [1.29, 1.82) is 0 Å². The summed E-state index contributed by atoms with van der Waals surface area (Å²) in [5.74, 6) is 1.59. The largest absolute Gasteiger partial charge is 0.381 e. The van der Waals surface area contributed by atoms with Crippen molar-refractivity contribution in [3.63, 3.8) is 0 Å². The van der Waals surface area contributed by atoms with Gasteiger partial charge in [0.25, 0.3) is 5.89 Å². The van der Waals surface area contributed by atoms with Gasteiger partial charge in [-0.15, -0.1) is 0 Å². The van der Waals surface area contributed by atoms with Gasteiger partial charge in [-0.2, -0.15) is 4.98 Å². The number of aryl methyl sites for hydroxylation is 2. The molecule has 1 fully saturated rings. The maximum Gasteiger partial charge on any atom is 0.274 e. The van der Waals surface area contributed by atoms with Gasteiger partial charge >= 0.3 is 0 Å². The van der Waals surface area contributed by atoms with Crippen molar-refractivity contribution in [3.05, 3.63) is 35.7 Å². The first kappa shape index (κ1) is 12.6. The number of rotatable bonds is 2. The van der Waals surface area contributed by atoms with Gasteiger partial charge < -0.3 is 13.8 Å². The summed E-state index contributed by atoms with van der Waals surface area (Å²) in [7, 11) is 2.03. The van der Waals surface area contributed by atoms with Crippen molar-refractivity contribution in [3.8, 4) is 11.6 Å². The second-order valence-corrected chi connectivity index (χ2v) is 5.67. The SMILES string of the molecule is Cc1ccc2cc(-c3nc([C@@H]4CCOC4)no3)n(C)c2c1. The highest BCUT2D eigenvalue weighted by atomic mass is 16.5. The molecule has 2 aromatic heterocycles. The van der Waals surface area contributed by atoms with Crippen molar-refractivity contribution < 1.29 is 9.26 Å². The second kappa shape index (κ2) is 4.70. The molecule has 0 amide bonds. The molecule has 108 valence electrons. The normalized spacial score (nSPS) is 18.7. The zero-order valence-electron chi connectivity index (χ0n) is 12.2. The third-order valence-electron chi connectivity index (χ3n) is 4.16. The number of ether oxygens (including phenoxy) is 1. The first-order valence-corrected chi connectivity index (χ1v) is 7.20. The Morgan fingerprint density at radius 3 is 3.00 bits per heavy atom. The van der Waals surface area contributed by atoms with E-state index in [0.29, 0.717) is 12.5 Å². The Balaban J connectivity index is 1.77. The fourth-order valence-corrected chi connectivity index (χ4v) is 2.89. The average Bonchev–Trinajstić information content (AvgIpc) is 3.18. The third-order valence-corrected chi connectivity index (χ3v) is 4.16. The van der Waals surface area contributed by atoms with Crippen LogP contribution in [-0.2, 0) is 11.8 Å².